The summed E-state index contributed by atoms with van der Waals surface area (Å²) in [6.45, 7) is 1.50. The molecule has 0 aliphatic heterocycles. The van der Waals surface area contributed by atoms with E-state index >= 15 is 0 Å². The molecule has 0 bridgehead atoms. The summed E-state index contributed by atoms with van der Waals surface area (Å²) in [6.07, 6.45) is 5.70. The zero-order chi connectivity index (χ0) is 11.1. The molecule has 0 radical (unpaired) electrons. The molecule has 84 valence electrons. The van der Waals surface area contributed by atoms with Gasteiger partial charge in [-0.05, 0) is 31.6 Å². The summed E-state index contributed by atoms with van der Waals surface area (Å²) in [6, 6.07) is -0.767. The average molecular weight is 211 g/mol. The number of rotatable bonds is 3. The Morgan fingerprint density at radius 3 is 2.53 bits per heavy atom. The maximum atomic E-state index is 11.7. The summed E-state index contributed by atoms with van der Waals surface area (Å²) in [5, 5.41) is 11.2. The smallest absolute Gasteiger partial charge is 0.325 e. The number of hydrogen-bond acceptors (Lipinski definition) is 2. The van der Waals surface area contributed by atoms with E-state index in [1.165, 1.54) is 19.8 Å². The van der Waals surface area contributed by atoms with Crippen molar-refractivity contribution in [1.82, 2.24) is 5.32 Å². The molecule has 15 heavy (non-hydrogen) atoms. The Labute approximate surface area is 89.0 Å². The van der Waals surface area contributed by atoms with E-state index in [9.17, 15) is 9.59 Å². The first-order chi connectivity index (χ1) is 7.05. The third-order valence-electron chi connectivity index (χ3n) is 3.83. The van der Waals surface area contributed by atoms with Crippen LogP contribution in [0.25, 0.3) is 0 Å². The van der Waals surface area contributed by atoms with Gasteiger partial charge in [0.25, 0.3) is 0 Å². The molecule has 4 nitrogen and oxygen atoms in total. The Hall–Kier alpha value is -1.06. The molecule has 2 saturated carbocycles. The number of nitrogens with one attached hydrogen (secondary N) is 1. The number of carboxylic acids is 1. The fourth-order valence-electron chi connectivity index (χ4n) is 2.73. The topological polar surface area (TPSA) is 66.4 Å². The van der Waals surface area contributed by atoms with E-state index in [0.717, 1.165) is 19.3 Å². The summed E-state index contributed by atoms with van der Waals surface area (Å²) in [7, 11) is 0. The predicted molar refractivity (Wildman–Crippen MR) is 54.2 cm³/mol. The van der Waals surface area contributed by atoms with Gasteiger partial charge in [-0.15, -0.1) is 0 Å². The number of aliphatic carboxylic acids is 1. The highest BCUT2D eigenvalue weighted by Crippen LogP contribution is 2.62. The first kappa shape index (κ1) is 10.5. The zero-order valence-corrected chi connectivity index (χ0v) is 8.95. The number of carboxylic acid groups (broad SMARTS) is 1. The molecule has 2 atom stereocenters. The first-order valence-corrected chi connectivity index (χ1v) is 5.58. The van der Waals surface area contributed by atoms with Gasteiger partial charge in [0.05, 0.1) is 0 Å². The molecule has 2 unspecified atom stereocenters. The van der Waals surface area contributed by atoms with Gasteiger partial charge in [0, 0.05) is 5.92 Å². The lowest BCUT2D eigenvalue weighted by Crippen LogP contribution is -2.39. The first-order valence-electron chi connectivity index (χ1n) is 5.58. The van der Waals surface area contributed by atoms with E-state index < -0.39 is 12.0 Å². The van der Waals surface area contributed by atoms with Crippen LogP contribution in [0.4, 0.5) is 0 Å². The van der Waals surface area contributed by atoms with Crippen molar-refractivity contribution in [3.05, 3.63) is 0 Å². The Bertz CT molecular complexity index is 294. The third-order valence-corrected chi connectivity index (χ3v) is 3.83. The maximum Gasteiger partial charge on any atom is 0.325 e. The van der Waals surface area contributed by atoms with Crippen molar-refractivity contribution in [3.63, 3.8) is 0 Å². The van der Waals surface area contributed by atoms with Gasteiger partial charge in [-0.3, -0.25) is 9.59 Å². The molecule has 0 heterocycles. The third kappa shape index (κ3) is 1.85. The number of carbonyl (C=O) groups is 2. The average Bonchev–Trinajstić information content (AvgIpc) is 2.65. The van der Waals surface area contributed by atoms with Crippen molar-refractivity contribution < 1.29 is 14.7 Å². The molecule has 4 heteroatoms. The van der Waals surface area contributed by atoms with Crippen LogP contribution in [0.1, 0.15) is 39.0 Å². The van der Waals surface area contributed by atoms with Gasteiger partial charge in [-0.25, -0.2) is 0 Å². The van der Waals surface area contributed by atoms with E-state index in [-0.39, 0.29) is 17.2 Å². The highest BCUT2D eigenvalue weighted by Gasteiger charge is 2.58. The van der Waals surface area contributed by atoms with Crippen LogP contribution in [0.3, 0.4) is 0 Å². The molecule has 1 spiro atoms. The van der Waals surface area contributed by atoms with Crippen LogP contribution in [-0.2, 0) is 9.59 Å². The minimum absolute atomic E-state index is 0.0631. The van der Waals surface area contributed by atoms with Gasteiger partial charge in [0.15, 0.2) is 0 Å². The Morgan fingerprint density at radius 1 is 1.40 bits per heavy atom. The number of carbonyl (C=O) groups excluding carboxylic acids is 1. The van der Waals surface area contributed by atoms with Gasteiger partial charge < -0.3 is 10.4 Å². The molecule has 2 aliphatic carbocycles. The lowest BCUT2D eigenvalue weighted by Gasteiger charge is -2.11. The second-order valence-electron chi connectivity index (χ2n) is 4.89. The Balaban J connectivity index is 1.86. The molecule has 0 saturated heterocycles. The summed E-state index contributed by atoms with van der Waals surface area (Å²) < 4.78 is 0. The molecule has 2 rings (SSSR count). The highest BCUT2D eigenvalue weighted by molar-refractivity contribution is 5.87. The molecule has 0 aromatic carbocycles. The van der Waals surface area contributed by atoms with Crippen molar-refractivity contribution in [3.8, 4) is 0 Å². The minimum atomic E-state index is -0.968. The Morgan fingerprint density at radius 2 is 2.00 bits per heavy atom. The predicted octanol–water partition coefficient (Wildman–Crippen LogP) is 1.16. The van der Waals surface area contributed by atoms with Gasteiger partial charge >= 0.3 is 5.97 Å². The van der Waals surface area contributed by atoms with Gasteiger partial charge in [-0.1, -0.05) is 12.8 Å². The molecule has 1 amide bonds. The summed E-state index contributed by atoms with van der Waals surface area (Å²) in [4.78, 5) is 22.3. The van der Waals surface area contributed by atoms with Gasteiger partial charge in [-0.2, -0.15) is 0 Å². The summed E-state index contributed by atoms with van der Waals surface area (Å²) in [5.74, 6) is -0.946. The molecule has 0 aromatic heterocycles. The van der Waals surface area contributed by atoms with Crippen molar-refractivity contribution in [1.29, 1.82) is 0 Å². The van der Waals surface area contributed by atoms with Crippen molar-refractivity contribution in [2.75, 3.05) is 0 Å². The minimum Gasteiger partial charge on any atom is -0.480 e. The molecule has 2 fully saturated rings. The van der Waals surface area contributed by atoms with E-state index in [1.807, 2.05) is 0 Å². The summed E-state index contributed by atoms with van der Waals surface area (Å²) in [5.41, 5.74) is 0.252. The summed E-state index contributed by atoms with van der Waals surface area (Å²) >= 11 is 0. The lowest BCUT2D eigenvalue weighted by molar-refractivity contribution is -0.141. The largest absolute Gasteiger partial charge is 0.480 e. The van der Waals surface area contributed by atoms with Crippen molar-refractivity contribution in [2.24, 2.45) is 11.3 Å². The van der Waals surface area contributed by atoms with Crippen LogP contribution >= 0.6 is 0 Å². The maximum absolute atomic E-state index is 11.7. The van der Waals surface area contributed by atoms with E-state index in [1.54, 1.807) is 0 Å². The van der Waals surface area contributed by atoms with Crippen molar-refractivity contribution >= 4 is 11.9 Å². The second-order valence-corrected chi connectivity index (χ2v) is 4.89. The van der Waals surface area contributed by atoms with Gasteiger partial charge in [0.2, 0.25) is 5.91 Å². The standard InChI is InChI=1S/C11H17NO3/c1-7(10(14)15)12-9(13)8-6-11(8)4-2-3-5-11/h7-8H,2-6H2,1H3,(H,12,13)(H,14,15). The van der Waals surface area contributed by atoms with E-state index in [2.05, 4.69) is 5.32 Å². The van der Waals surface area contributed by atoms with E-state index in [4.69, 9.17) is 5.11 Å². The molecule has 0 aromatic rings. The molecular weight excluding hydrogens is 194 g/mol. The number of amides is 1. The van der Waals surface area contributed by atoms with E-state index in [0.29, 0.717) is 0 Å². The lowest BCUT2D eigenvalue weighted by atomic mass is 10.0. The SMILES string of the molecule is CC(NC(=O)C1CC12CCCC2)C(=O)O. The fraction of sp³-hybridized carbons (Fsp3) is 0.818. The number of hydrogen-bond donors (Lipinski definition) is 2. The zero-order valence-electron chi connectivity index (χ0n) is 8.95. The second kappa shape index (κ2) is 3.51. The Kier molecular flexibility index (Phi) is 2.44. The quantitative estimate of drug-likeness (QED) is 0.736. The fourth-order valence-corrected chi connectivity index (χ4v) is 2.73. The van der Waals surface area contributed by atoms with Crippen LogP contribution in [0.5, 0.6) is 0 Å². The molecule has 2 aliphatic rings. The van der Waals surface area contributed by atoms with Crippen molar-refractivity contribution in [2.45, 2.75) is 45.1 Å². The van der Waals surface area contributed by atoms with Crippen LogP contribution in [0, 0.1) is 11.3 Å². The monoisotopic (exact) mass is 211 g/mol. The van der Waals surface area contributed by atoms with Crippen LogP contribution in [0.2, 0.25) is 0 Å². The van der Waals surface area contributed by atoms with Crippen LogP contribution in [-0.4, -0.2) is 23.0 Å². The normalized spacial score (nSPS) is 28.7. The molecule has 2 N–H and O–H groups in total. The van der Waals surface area contributed by atoms with Crippen LogP contribution < -0.4 is 5.32 Å². The molecular formula is C11H17NO3. The van der Waals surface area contributed by atoms with Crippen LogP contribution in [0.15, 0.2) is 0 Å². The highest BCUT2D eigenvalue weighted by atomic mass is 16.4. The van der Waals surface area contributed by atoms with Gasteiger partial charge in [0.1, 0.15) is 6.04 Å².